The second kappa shape index (κ2) is 6.70. The predicted molar refractivity (Wildman–Crippen MR) is 81.5 cm³/mol. The summed E-state index contributed by atoms with van der Waals surface area (Å²) >= 11 is 1.57. The second-order valence-electron chi connectivity index (χ2n) is 5.56. The van der Waals surface area contributed by atoms with Gasteiger partial charge in [0.15, 0.2) is 0 Å². The van der Waals surface area contributed by atoms with Gasteiger partial charge in [-0.1, -0.05) is 0 Å². The Kier molecular flexibility index (Phi) is 5.51. The first kappa shape index (κ1) is 16.4. The number of carbonyl (C=O) groups is 2. The zero-order valence-electron chi connectivity index (χ0n) is 12.5. The molecule has 0 radical (unpaired) electrons. The van der Waals surface area contributed by atoms with Gasteiger partial charge in [0.25, 0.3) is 0 Å². The molecule has 20 heavy (non-hydrogen) atoms. The van der Waals surface area contributed by atoms with Crippen LogP contribution in [-0.4, -0.2) is 23.5 Å². The molecular formula is C15H21NO3S. The van der Waals surface area contributed by atoms with Crippen LogP contribution in [0.1, 0.15) is 38.1 Å². The predicted octanol–water partition coefficient (Wildman–Crippen LogP) is 2.92. The molecule has 1 amide bonds. The van der Waals surface area contributed by atoms with Crippen molar-refractivity contribution in [2.75, 3.05) is 0 Å². The molecule has 1 aromatic heterocycles. The van der Waals surface area contributed by atoms with Crippen LogP contribution >= 0.6 is 11.3 Å². The molecule has 1 aromatic rings. The minimum atomic E-state index is -0.671. The zero-order valence-corrected chi connectivity index (χ0v) is 13.3. The molecule has 1 rings (SSSR count). The first-order valence-electron chi connectivity index (χ1n) is 6.44. The van der Waals surface area contributed by atoms with Crippen LogP contribution in [0.3, 0.4) is 0 Å². The summed E-state index contributed by atoms with van der Waals surface area (Å²) in [5.74, 6) is -0.747. The molecule has 1 N–H and O–H groups in total. The van der Waals surface area contributed by atoms with Gasteiger partial charge in [0.05, 0.1) is 0 Å². The van der Waals surface area contributed by atoms with Crippen LogP contribution in [0.15, 0.2) is 17.5 Å². The molecule has 0 bridgehead atoms. The molecule has 0 aromatic carbocycles. The smallest absolute Gasteiger partial charge is 0.328 e. The molecule has 0 saturated carbocycles. The molecule has 4 nitrogen and oxygen atoms in total. The Morgan fingerprint density at radius 1 is 1.40 bits per heavy atom. The van der Waals surface area contributed by atoms with Gasteiger partial charge in [0, 0.05) is 11.0 Å². The Bertz CT molecular complexity index is 511. The number of aryl methyl sites for hydroxylation is 1. The molecule has 0 saturated heterocycles. The van der Waals surface area contributed by atoms with E-state index in [2.05, 4.69) is 5.32 Å². The third kappa shape index (κ3) is 5.57. The third-order valence-electron chi connectivity index (χ3n) is 2.41. The van der Waals surface area contributed by atoms with Crippen molar-refractivity contribution >= 4 is 29.3 Å². The highest BCUT2D eigenvalue weighted by Crippen LogP contribution is 2.16. The maximum atomic E-state index is 11.7. The highest BCUT2D eigenvalue weighted by Gasteiger charge is 2.22. The molecule has 1 atom stereocenters. The third-order valence-corrected chi connectivity index (χ3v) is 3.39. The van der Waals surface area contributed by atoms with Crippen LogP contribution in [0.25, 0.3) is 6.08 Å². The number of hydrogen-bond acceptors (Lipinski definition) is 4. The SMILES string of the molecule is Cc1ccsc1/C=C/C(=O)N[C@H](C)C(=O)OC(C)(C)C. The first-order valence-corrected chi connectivity index (χ1v) is 7.32. The Labute approximate surface area is 123 Å². The van der Waals surface area contributed by atoms with Gasteiger partial charge in [-0.15, -0.1) is 11.3 Å². The molecule has 0 fully saturated rings. The second-order valence-corrected chi connectivity index (χ2v) is 6.51. The largest absolute Gasteiger partial charge is 0.458 e. The maximum absolute atomic E-state index is 11.7. The average Bonchev–Trinajstić information content (AvgIpc) is 2.70. The van der Waals surface area contributed by atoms with Crippen molar-refractivity contribution in [1.29, 1.82) is 0 Å². The van der Waals surface area contributed by atoms with Crippen LogP contribution in [0.5, 0.6) is 0 Å². The van der Waals surface area contributed by atoms with E-state index in [4.69, 9.17) is 4.74 Å². The summed E-state index contributed by atoms with van der Waals surface area (Å²) in [5, 5.41) is 4.56. The Hall–Kier alpha value is -1.62. The fourth-order valence-corrected chi connectivity index (χ4v) is 2.24. The molecule has 110 valence electrons. The van der Waals surface area contributed by atoms with E-state index in [1.54, 1.807) is 45.1 Å². The lowest BCUT2D eigenvalue weighted by Crippen LogP contribution is -2.41. The Morgan fingerprint density at radius 3 is 2.55 bits per heavy atom. The van der Waals surface area contributed by atoms with E-state index in [0.717, 1.165) is 10.4 Å². The summed E-state index contributed by atoms with van der Waals surface area (Å²) in [7, 11) is 0. The van der Waals surface area contributed by atoms with Gasteiger partial charge in [-0.2, -0.15) is 0 Å². The average molecular weight is 295 g/mol. The van der Waals surface area contributed by atoms with Crippen molar-refractivity contribution < 1.29 is 14.3 Å². The highest BCUT2D eigenvalue weighted by atomic mass is 32.1. The van der Waals surface area contributed by atoms with Crippen molar-refractivity contribution in [2.24, 2.45) is 0 Å². The zero-order chi connectivity index (χ0) is 15.3. The minimum absolute atomic E-state index is 0.309. The van der Waals surface area contributed by atoms with E-state index in [9.17, 15) is 9.59 Å². The standard InChI is InChI=1S/C15H21NO3S/c1-10-8-9-20-12(10)6-7-13(17)16-11(2)14(18)19-15(3,4)5/h6-9,11H,1-5H3,(H,16,17)/b7-6+/t11-/m1/s1. The summed E-state index contributed by atoms with van der Waals surface area (Å²) in [6.07, 6.45) is 3.18. The number of nitrogens with one attached hydrogen (secondary N) is 1. The lowest BCUT2D eigenvalue weighted by molar-refractivity contribution is -0.157. The number of hydrogen-bond donors (Lipinski definition) is 1. The Balaban J connectivity index is 2.52. The van der Waals surface area contributed by atoms with Gasteiger partial charge < -0.3 is 10.1 Å². The van der Waals surface area contributed by atoms with E-state index in [-0.39, 0.29) is 5.91 Å². The monoisotopic (exact) mass is 295 g/mol. The van der Waals surface area contributed by atoms with Crippen LogP contribution in [-0.2, 0) is 14.3 Å². The molecule has 0 unspecified atom stereocenters. The topological polar surface area (TPSA) is 55.4 Å². The summed E-state index contributed by atoms with van der Waals surface area (Å²) < 4.78 is 5.19. The van der Waals surface area contributed by atoms with Crippen molar-refractivity contribution in [3.8, 4) is 0 Å². The molecule has 1 heterocycles. The molecular weight excluding hydrogens is 274 g/mol. The number of ether oxygens (including phenoxy) is 1. The van der Waals surface area contributed by atoms with Gasteiger partial charge in [-0.05, 0) is 57.7 Å². The van der Waals surface area contributed by atoms with Gasteiger partial charge in [-0.3, -0.25) is 4.79 Å². The quantitative estimate of drug-likeness (QED) is 0.686. The lowest BCUT2D eigenvalue weighted by Gasteiger charge is -2.22. The summed E-state index contributed by atoms with van der Waals surface area (Å²) in [5.41, 5.74) is 0.569. The van der Waals surface area contributed by atoms with Crippen molar-refractivity contribution in [3.63, 3.8) is 0 Å². The number of rotatable bonds is 4. The van der Waals surface area contributed by atoms with Crippen LogP contribution in [0.4, 0.5) is 0 Å². The summed E-state index contributed by atoms with van der Waals surface area (Å²) in [6.45, 7) is 8.96. The maximum Gasteiger partial charge on any atom is 0.328 e. The summed E-state index contributed by atoms with van der Waals surface area (Å²) in [4.78, 5) is 24.5. The van der Waals surface area contributed by atoms with E-state index < -0.39 is 17.6 Å². The minimum Gasteiger partial charge on any atom is -0.458 e. The summed E-state index contributed by atoms with van der Waals surface area (Å²) in [6, 6.07) is 1.32. The normalized spacial score (nSPS) is 13.2. The van der Waals surface area contributed by atoms with E-state index in [1.807, 2.05) is 18.4 Å². The lowest BCUT2D eigenvalue weighted by atomic mass is 10.2. The van der Waals surface area contributed by atoms with E-state index in [1.165, 1.54) is 6.08 Å². The number of esters is 1. The fourth-order valence-electron chi connectivity index (χ4n) is 1.42. The van der Waals surface area contributed by atoms with Crippen molar-refractivity contribution in [1.82, 2.24) is 5.32 Å². The van der Waals surface area contributed by atoms with Crippen LogP contribution < -0.4 is 5.32 Å². The van der Waals surface area contributed by atoms with Crippen molar-refractivity contribution in [3.05, 3.63) is 28.0 Å². The number of carbonyl (C=O) groups excluding carboxylic acids is 2. The Morgan fingerprint density at radius 2 is 2.05 bits per heavy atom. The van der Waals surface area contributed by atoms with Crippen LogP contribution in [0.2, 0.25) is 0 Å². The molecule has 0 aliphatic heterocycles. The van der Waals surface area contributed by atoms with Gasteiger partial charge in [0.1, 0.15) is 11.6 Å². The molecule has 0 spiro atoms. The number of amides is 1. The highest BCUT2D eigenvalue weighted by molar-refractivity contribution is 7.11. The number of thiophene rings is 1. The molecule has 5 heteroatoms. The van der Waals surface area contributed by atoms with Crippen LogP contribution in [0, 0.1) is 6.92 Å². The fraction of sp³-hybridized carbons (Fsp3) is 0.467. The van der Waals surface area contributed by atoms with Crippen molar-refractivity contribution in [2.45, 2.75) is 46.3 Å². The first-order chi connectivity index (χ1) is 9.19. The van der Waals surface area contributed by atoms with Gasteiger partial charge >= 0.3 is 5.97 Å². The van der Waals surface area contributed by atoms with E-state index in [0.29, 0.717) is 0 Å². The van der Waals surface area contributed by atoms with Gasteiger partial charge in [0.2, 0.25) is 5.91 Å². The molecule has 0 aliphatic carbocycles. The molecule has 0 aliphatic rings. The van der Waals surface area contributed by atoms with E-state index >= 15 is 0 Å². The van der Waals surface area contributed by atoms with Gasteiger partial charge in [-0.25, -0.2) is 4.79 Å².